The largest absolute Gasteiger partial charge is 0.447 e. The fourth-order valence-electron chi connectivity index (χ4n) is 5.65. The minimum Gasteiger partial charge on any atom is -0.342 e. The molecule has 0 radical (unpaired) electrons. The Hall–Kier alpha value is -4.76. The normalized spacial score (nSPS) is 13.2. The lowest BCUT2D eigenvalue weighted by Gasteiger charge is -2.18. The Bertz CT molecular complexity index is 2430. The van der Waals surface area contributed by atoms with Gasteiger partial charge in [0.05, 0.1) is 22.1 Å². The van der Waals surface area contributed by atoms with Gasteiger partial charge in [0.25, 0.3) is 0 Å². The predicted octanol–water partition coefficient (Wildman–Crippen LogP) is 4.55. The summed E-state index contributed by atoms with van der Waals surface area (Å²) >= 11 is 0. The summed E-state index contributed by atoms with van der Waals surface area (Å²) in [5.41, 5.74) is 2.86. The standard InChI is InChI=1S/C26H14N4O8S2/c31-39(32,33)37-25-15-11-12-16-22-14(10-9-13(21(15)22)23-27-17-5-1-3-7-19(17)29(23)25)24-28-18-6-2-4-8-20(18)30(24)26(16)38-40(34,35)36/h1-12H,(H,31,32,33)(H,34,35,36). The molecule has 4 heterocycles. The van der Waals surface area contributed by atoms with Gasteiger partial charge < -0.3 is 8.37 Å². The summed E-state index contributed by atoms with van der Waals surface area (Å²) in [5, 5.41) is 2.69. The molecule has 4 aromatic heterocycles. The van der Waals surface area contributed by atoms with Gasteiger partial charge in [-0.2, -0.15) is 16.8 Å². The fourth-order valence-corrected chi connectivity index (χ4v) is 6.38. The van der Waals surface area contributed by atoms with Crippen LogP contribution in [0.5, 0.6) is 11.8 Å². The molecule has 14 heteroatoms. The van der Waals surface area contributed by atoms with E-state index in [1.165, 1.54) is 20.9 Å². The minimum absolute atomic E-state index is 0.210. The van der Waals surface area contributed by atoms with Gasteiger partial charge in [-0.15, -0.1) is 0 Å². The number of hydrogen-bond donors (Lipinski definition) is 2. The van der Waals surface area contributed by atoms with Crippen molar-refractivity contribution in [3.63, 3.8) is 0 Å². The first-order valence-electron chi connectivity index (χ1n) is 11.7. The first kappa shape index (κ1) is 23.2. The van der Waals surface area contributed by atoms with Crippen LogP contribution in [0.25, 0.3) is 65.7 Å². The maximum Gasteiger partial charge on any atom is 0.447 e. The van der Waals surface area contributed by atoms with Crippen molar-refractivity contribution in [3.8, 4) is 11.8 Å². The highest BCUT2D eigenvalue weighted by atomic mass is 32.3. The fraction of sp³-hybridized carbons (Fsp3) is 0. The first-order chi connectivity index (χ1) is 19.1. The summed E-state index contributed by atoms with van der Waals surface area (Å²) < 4.78 is 80.8. The molecule has 0 amide bonds. The molecule has 198 valence electrons. The molecule has 0 spiro atoms. The van der Waals surface area contributed by atoms with Gasteiger partial charge >= 0.3 is 20.8 Å². The molecule has 0 aliphatic carbocycles. The van der Waals surface area contributed by atoms with Crippen molar-refractivity contribution in [1.82, 2.24) is 18.8 Å². The Morgan fingerprint density at radius 3 is 1.32 bits per heavy atom. The van der Waals surface area contributed by atoms with Gasteiger partial charge in [0.1, 0.15) is 11.3 Å². The number of imidazole rings is 2. The van der Waals surface area contributed by atoms with Crippen LogP contribution < -0.4 is 8.37 Å². The Morgan fingerprint density at radius 2 is 0.925 bits per heavy atom. The SMILES string of the molecule is O=S(=O)(O)Oc1c2ccc3c(OS(=O)(=O)O)n4c5ccccc5nc4c4ccc(c2c34)c2nc3ccccc3n12. The molecule has 8 aromatic rings. The second-order valence-electron chi connectivity index (χ2n) is 9.22. The van der Waals surface area contributed by atoms with Gasteiger partial charge in [0.15, 0.2) is 0 Å². The minimum atomic E-state index is -4.97. The molecule has 0 unspecified atom stereocenters. The summed E-state index contributed by atoms with van der Waals surface area (Å²) in [6, 6.07) is 20.7. The molecule has 12 nitrogen and oxygen atoms in total. The molecule has 0 fully saturated rings. The predicted molar refractivity (Wildman–Crippen MR) is 147 cm³/mol. The topological polar surface area (TPSA) is 162 Å². The molecule has 2 N–H and O–H groups in total. The second kappa shape index (κ2) is 7.45. The highest BCUT2D eigenvalue weighted by molar-refractivity contribution is 7.81. The van der Waals surface area contributed by atoms with Crippen LogP contribution in [-0.2, 0) is 20.8 Å². The molecule has 0 aliphatic rings. The number of pyridine rings is 2. The number of hydrogen-bond acceptors (Lipinski definition) is 8. The summed E-state index contributed by atoms with van der Waals surface area (Å²) in [5.74, 6) is -0.419. The molecule has 0 aliphatic heterocycles. The van der Waals surface area contributed by atoms with E-state index in [-0.39, 0.29) is 11.8 Å². The van der Waals surface area contributed by atoms with Crippen LogP contribution in [0.15, 0.2) is 72.8 Å². The van der Waals surface area contributed by atoms with Crippen LogP contribution in [0.4, 0.5) is 0 Å². The quantitative estimate of drug-likeness (QED) is 0.225. The molecular weight excluding hydrogens is 560 g/mol. The molecular formula is C26H14N4O8S2. The van der Waals surface area contributed by atoms with Crippen molar-refractivity contribution in [1.29, 1.82) is 0 Å². The van der Waals surface area contributed by atoms with Crippen LogP contribution >= 0.6 is 0 Å². The van der Waals surface area contributed by atoms with E-state index in [0.717, 1.165) is 0 Å². The monoisotopic (exact) mass is 574 g/mol. The lowest BCUT2D eigenvalue weighted by atomic mass is 9.96. The van der Waals surface area contributed by atoms with Crippen LogP contribution in [0.1, 0.15) is 0 Å². The van der Waals surface area contributed by atoms with Crippen LogP contribution in [0.3, 0.4) is 0 Å². The molecule has 0 saturated heterocycles. The van der Waals surface area contributed by atoms with Gasteiger partial charge in [-0.3, -0.25) is 17.9 Å². The first-order valence-corrected chi connectivity index (χ1v) is 14.5. The van der Waals surface area contributed by atoms with E-state index in [9.17, 15) is 25.9 Å². The summed E-state index contributed by atoms with van der Waals surface area (Å²) in [6.07, 6.45) is 0. The molecule has 0 atom stereocenters. The summed E-state index contributed by atoms with van der Waals surface area (Å²) in [6.45, 7) is 0. The number of nitrogens with zero attached hydrogens (tertiary/aromatic N) is 4. The average Bonchev–Trinajstić information content (AvgIpc) is 3.47. The molecule has 8 rings (SSSR count). The van der Waals surface area contributed by atoms with E-state index < -0.39 is 20.8 Å². The molecule has 0 saturated carbocycles. The molecule has 40 heavy (non-hydrogen) atoms. The van der Waals surface area contributed by atoms with Crippen molar-refractivity contribution in [2.24, 2.45) is 0 Å². The van der Waals surface area contributed by atoms with Gasteiger partial charge in [-0.25, -0.2) is 9.97 Å². The number of rotatable bonds is 4. The third-order valence-corrected chi connectivity index (χ3v) is 7.74. The Kier molecular flexibility index (Phi) is 4.32. The molecule has 0 bridgehead atoms. The maximum absolute atomic E-state index is 12.0. The van der Waals surface area contributed by atoms with E-state index in [2.05, 4.69) is 0 Å². The number of para-hydroxylation sites is 4. The summed E-state index contributed by atoms with van der Waals surface area (Å²) in [7, 11) is -9.94. The van der Waals surface area contributed by atoms with E-state index in [1.807, 2.05) is 12.1 Å². The van der Waals surface area contributed by atoms with Crippen LogP contribution in [0.2, 0.25) is 0 Å². The lowest BCUT2D eigenvalue weighted by Crippen LogP contribution is -2.11. The van der Waals surface area contributed by atoms with E-state index in [4.69, 9.17) is 18.3 Å². The smallest absolute Gasteiger partial charge is 0.342 e. The van der Waals surface area contributed by atoms with Gasteiger partial charge in [0, 0.05) is 32.3 Å². The van der Waals surface area contributed by atoms with Crippen LogP contribution in [-0.4, -0.2) is 44.7 Å². The molecule has 4 aromatic carbocycles. The Balaban J connectivity index is 1.68. The zero-order valence-electron chi connectivity index (χ0n) is 19.9. The Morgan fingerprint density at radius 1 is 0.550 bits per heavy atom. The maximum atomic E-state index is 12.0. The van der Waals surface area contributed by atoms with Crippen molar-refractivity contribution < 1.29 is 34.3 Å². The summed E-state index contributed by atoms with van der Waals surface area (Å²) in [4.78, 5) is 9.42. The van der Waals surface area contributed by atoms with E-state index >= 15 is 0 Å². The highest BCUT2D eigenvalue weighted by Gasteiger charge is 2.27. The van der Waals surface area contributed by atoms with E-state index in [1.54, 1.807) is 48.5 Å². The highest BCUT2D eigenvalue weighted by Crippen LogP contribution is 2.46. The van der Waals surface area contributed by atoms with Gasteiger partial charge in [0.2, 0.25) is 11.8 Å². The number of aromatic nitrogens is 4. The second-order valence-corrected chi connectivity index (χ2v) is 11.3. The number of fused-ring (bicyclic) bond motifs is 8. The number of benzene rings is 4. The Labute approximate surface area is 223 Å². The average molecular weight is 575 g/mol. The van der Waals surface area contributed by atoms with Gasteiger partial charge in [-0.1, -0.05) is 24.3 Å². The van der Waals surface area contributed by atoms with E-state index in [0.29, 0.717) is 65.7 Å². The van der Waals surface area contributed by atoms with Crippen molar-refractivity contribution in [2.75, 3.05) is 0 Å². The van der Waals surface area contributed by atoms with Gasteiger partial charge in [-0.05, 0) is 48.5 Å². The van der Waals surface area contributed by atoms with Crippen molar-refractivity contribution >= 4 is 86.5 Å². The van der Waals surface area contributed by atoms with Crippen LogP contribution in [0, 0.1) is 0 Å². The zero-order chi connectivity index (χ0) is 27.6. The zero-order valence-corrected chi connectivity index (χ0v) is 21.5. The van der Waals surface area contributed by atoms with Crippen molar-refractivity contribution in [3.05, 3.63) is 72.8 Å². The van der Waals surface area contributed by atoms with Crippen molar-refractivity contribution in [2.45, 2.75) is 0 Å². The third-order valence-electron chi connectivity index (χ3n) is 7.00. The lowest BCUT2D eigenvalue weighted by molar-refractivity contribution is 0.379. The third kappa shape index (κ3) is 3.12.